The fourth-order valence-corrected chi connectivity index (χ4v) is 5.18. The van der Waals surface area contributed by atoms with Crippen LogP contribution in [0, 0.1) is 10.8 Å². The number of hydrogen-bond acceptors (Lipinski definition) is 4. The first kappa shape index (κ1) is 18.4. The number of nitrogens with zero attached hydrogens (tertiary/aromatic N) is 1. The largest absolute Gasteiger partial charge is 0.349 e. The molecule has 6 heteroatoms. The Bertz CT molecular complexity index is 784. The van der Waals surface area contributed by atoms with E-state index >= 15 is 0 Å². The Morgan fingerprint density at radius 1 is 1.24 bits per heavy atom. The van der Waals surface area contributed by atoms with Gasteiger partial charge in [0.2, 0.25) is 0 Å². The van der Waals surface area contributed by atoms with E-state index in [9.17, 15) is 13.2 Å². The van der Waals surface area contributed by atoms with E-state index in [1.54, 1.807) is 18.2 Å². The monoisotopic (exact) mass is 364 g/mol. The summed E-state index contributed by atoms with van der Waals surface area (Å²) in [6, 6.07) is 6.68. The number of benzene rings is 1. The number of carbonyl (C=O) groups is 1. The summed E-state index contributed by atoms with van der Waals surface area (Å²) in [4.78, 5) is 14.7. The van der Waals surface area contributed by atoms with Gasteiger partial charge in [0.25, 0.3) is 5.91 Å². The Morgan fingerprint density at radius 2 is 1.88 bits per heavy atom. The second kappa shape index (κ2) is 6.09. The number of amides is 1. The van der Waals surface area contributed by atoms with Crippen LogP contribution in [0.2, 0.25) is 0 Å². The lowest BCUT2D eigenvalue weighted by Crippen LogP contribution is -2.32. The molecule has 2 saturated carbocycles. The SMILES string of the molecule is CN(C)CCS(=O)(=O)c1ccccc1C(=O)NC1CC1(C)C1(C)CC1. The van der Waals surface area contributed by atoms with E-state index in [2.05, 4.69) is 19.2 Å². The molecule has 138 valence electrons. The van der Waals surface area contributed by atoms with Crippen molar-refractivity contribution in [1.82, 2.24) is 10.2 Å². The lowest BCUT2D eigenvalue weighted by Gasteiger charge is -2.20. The summed E-state index contributed by atoms with van der Waals surface area (Å²) in [6.45, 7) is 4.93. The number of carbonyl (C=O) groups excluding carboxylic acids is 1. The van der Waals surface area contributed by atoms with E-state index in [1.807, 2.05) is 19.0 Å². The van der Waals surface area contributed by atoms with Gasteiger partial charge in [0, 0.05) is 12.6 Å². The number of rotatable bonds is 7. The van der Waals surface area contributed by atoms with Crippen LogP contribution in [0.4, 0.5) is 0 Å². The average Bonchev–Trinajstić information content (AvgIpc) is 3.45. The summed E-state index contributed by atoms with van der Waals surface area (Å²) < 4.78 is 25.3. The van der Waals surface area contributed by atoms with Crippen LogP contribution in [0.5, 0.6) is 0 Å². The second-order valence-electron chi connectivity index (χ2n) is 8.33. The Kier molecular flexibility index (Phi) is 4.48. The summed E-state index contributed by atoms with van der Waals surface area (Å²) in [5.41, 5.74) is 0.750. The minimum Gasteiger partial charge on any atom is -0.349 e. The highest BCUT2D eigenvalue weighted by molar-refractivity contribution is 7.91. The van der Waals surface area contributed by atoms with Gasteiger partial charge in [-0.2, -0.15) is 0 Å². The zero-order valence-corrected chi connectivity index (χ0v) is 16.3. The molecule has 25 heavy (non-hydrogen) atoms. The topological polar surface area (TPSA) is 66.5 Å². The zero-order chi connectivity index (χ0) is 18.5. The van der Waals surface area contributed by atoms with Crippen LogP contribution in [0.15, 0.2) is 29.2 Å². The highest BCUT2D eigenvalue weighted by Gasteiger charge is 2.66. The lowest BCUT2D eigenvalue weighted by molar-refractivity contribution is 0.0938. The van der Waals surface area contributed by atoms with Gasteiger partial charge in [-0.15, -0.1) is 0 Å². The first-order valence-corrected chi connectivity index (χ1v) is 10.5. The normalized spacial score (nSPS) is 27.2. The van der Waals surface area contributed by atoms with E-state index in [0.29, 0.717) is 12.0 Å². The number of sulfone groups is 1. The summed E-state index contributed by atoms with van der Waals surface area (Å²) in [5, 5.41) is 3.07. The average molecular weight is 365 g/mol. The van der Waals surface area contributed by atoms with Crippen molar-refractivity contribution in [2.75, 3.05) is 26.4 Å². The molecule has 0 bridgehead atoms. The molecule has 0 heterocycles. The third kappa shape index (κ3) is 3.47. The molecule has 1 N–H and O–H groups in total. The van der Waals surface area contributed by atoms with Gasteiger partial charge < -0.3 is 10.2 Å². The number of hydrogen-bond donors (Lipinski definition) is 1. The van der Waals surface area contributed by atoms with Gasteiger partial charge in [-0.05, 0) is 56.3 Å². The summed E-state index contributed by atoms with van der Waals surface area (Å²) in [5.74, 6) is -0.272. The maximum Gasteiger partial charge on any atom is 0.252 e. The fraction of sp³-hybridized carbons (Fsp3) is 0.632. The van der Waals surface area contributed by atoms with Crippen LogP contribution >= 0.6 is 0 Å². The van der Waals surface area contributed by atoms with Gasteiger partial charge in [0.05, 0.1) is 16.2 Å². The van der Waals surface area contributed by atoms with E-state index in [-0.39, 0.29) is 33.6 Å². The maximum absolute atomic E-state index is 12.7. The van der Waals surface area contributed by atoms with Crippen molar-refractivity contribution < 1.29 is 13.2 Å². The summed E-state index contributed by atoms with van der Waals surface area (Å²) >= 11 is 0. The van der Waals surface area contributed by atoms with Crippen molar-refractivity contribution in [3.8, 4) is 0 Å². The predicted octanol–water partition coefficient (Wildman–Crippen LogP) is 2.33. The van der Waals surface area contributed by atoms with Crippen molar-refractivity contribution >= 4 is 15.7 Å². The highest BCUT2D eigenvalue weighted by atomic mass is 32.2. The minimum atomic E-state index is -3.49. The van der Waals surface area contributed by atoms with Crippen LogP contribution in [0.25, 0.3) is 0 Å². The molecule has 0 aliphatic heterocycles. The third-order valence-electron chi connectivity index (χ3n) is 6.20. The van der Waals surface area contributed by atoms with E-state index in [1.165, 1.54) is 18.9 Å². The van der Waals surface area contributed by atoms with E-state index < -0.39 is 9.84 Å². The molecule has 2 aliphatic carbocycles. The molecule has 0 saturated heterocycles. The molecule has 1 aromatic carbocycles. The summed E-state index contributed by atoms with van der Waals surface area (Å²) in [7, 11) is 0.174. The van der Waals surface area contributed by atoms with Gasteiger partial charge >= 0.3 is 0 Å². The van der Waals surface area contributed by atoms with Crippen LogP contribution in [-0.2, 0) is 9.84 Å². The van der Waals surface area contributed by atoms with Crippen LogP contribution in [0.3, 0.4) is 0 Å². The van der Waals surface area contributed by atoms with Crippen molar-refractivity contribution in [1.29, 1.82) is 0 Å². The summed E-state index contributed by atoms with van der Waals surface area (Å²) in [6.07, 6.45) is 3.40. The molecule has 2 unspecified atom stereocenters. The molecule has 5 nitrogen and oxygen atoms in total. The van der Waals surface area contributed by atoms with Gasteiger partial charge in [-0.3, -0.25) is 4.79 Å². The Balaban J connectivity index is 1.76. The molecule has 0 aromatic heterocycles. The third-order valence-corrected chi connectivity index (χ3v) is 7.94. The van der Waals surface area contributed by atoms with Crippen LogP contribution in [0.1, 0.15) is 43.5 Å². The molecule has 2 aliphatic rings. The highest BCUT2D eigenvalue weighted by Crippen LogP contribution is 2.69. The van der Waals surface area contributed by atoms with Crippen molar-refractivity contribution in [3.63, 3.8) is 0 Å². The van der Waals surface area contributed by atoms with Gasteiger partial charge in [-0.1, -0.05) is 26.0 Å². The van der Waals surface area contributed by atoms with E-state index in [0.717, 1.165) is 6.42 Å². The standard InChI is InChI=1S/C19H28N2O3S/c1-18(9-10-18)19(2)13-16(19)20-17(22)14-7-5-6-8-15(14)25(23,24)12-11-21(3)4/h5-8,16H,9-13H2,1-4H3,(H,20,22). The molecule has 1 amide bonds. The molecule has 2 fully saturated rings. The van der Waals surface area contributed by atoms with Crippen LogP contribution < -0.4 is 5.32 Å². The molecule has 0 radical (unpaired) electrons. The Labute approximate surface area is 150 Å². The Morgan fingerprint density at radius 3 is 2.48 bits per heavy atom. The smallest absolute Gasteiger partial charge is 0.252 e. The van der Waals surface area contributed by atoms with Gasteiger partial charge in [0.15, 0.2) is 9.84 Å². The number of nitrogens with one attached hydrogen (secondary N) is 1. The molecule has 0 spiro atoms. The van der Waals surface area contributed by atoms with Gasteiger partial charge in [0.1, 0.15) is 0 Å². The van der Waals surface area contributed by atoms with Crippen molar-refractivity contribution in [3.05, 3.63) is 29.8 Å². The zero-order valence-electron chi connectivity index (χ0n) is 15.5. The minimum absolute atomic E-state index is 0.00348. The predicted molar refractivity (Wildman–Crippen MR) is 98.4 cm³/mol. The van der Waals surface area contributed by atoms with Crippen LogP contribution in [-0.4, -0.2) is 51.7 Å². The Hall–Kier alpha value is -1.40. The quantitative estimate of drug-likeness (QED) is 0.806. The second-order valence-corrected chi connectivity index (χ2v) is 10.4. The van der Waals surface area contributed by atoms with Gasteiger partial charge in [-0.25, -0.2) is 8.42 Å². The molecule has 2 atom stereocenters. The van der Waals surface area contributed by atoms with E-state index in [4.69, 9.17) is 0 Å². The first-order valence-electron chi connectivity index (χ1n) is 8.86. The van der Waals surface area contributed by atoms with Crippen molar-refractivity contribution in [2.45, 2.75) is 44.0 Å². The molecule has 1 aromatic rings. The fourth-order valence-electron chi connectivity index (χ4n) is 3.58. The lowest BCUT2D eigenvalue weighted by atomic mass is 9.88. The molecular formula is C19H28N2O3S. The first-order chi connectivity index (χ1) is 11.6. The van der Waals surface area contributed by atoms with Crippen molar-refractivity contribution in [2.24, 2.45) is 10.8 Å². The maximum atomic E-state index is 12.7. The molecule has 3 rings (SSSR count). The molecular weight excluding hydrogens is 336 g/mol.